The molecule has 1 aromatic rings. The molecule has 12 heteroatoms. The third-order valence-corrected chi connectivity index (χ3v) is 4.11. The Kier molecular flexibility index (Phi) is 4.95. The Bertz CT molecular complexity index is 812. The van der Waals surface area contributed by atoms with E-state index in [1.54, 1.807) is 0 Å². The molecule has 0 heterocycles. The maximum atomic E-state index is 13.7. The molecule has 0 spiro atoms. The summed E-state index contributed by atoms with van der Waals surface area (Å²) in [5.74, 6) is -7.93. The van der Waals surface area contributed by atoms with Gasteiger partial charge in [-0.1, -0.05) is 0 Å². The van der Waals surface area contributed by atoms with Crippen LogP contribution >= 0.6 is 0 Å². The highest BCUT2D eigenvalue weighted by Gasteiger charge is 2.60. The van der Waals surface area contributed by atoms with Crippen LogP contribution in [0.5, 0.6) is 0 Å². The van der Waals surface area contributed by atoms with E-state index in [4.69, 9.17) is 11.5 Å². The van der Waals surface area contributed by atoms with Crippen LogP contribution in [-0.4, -0.2) is 32.7 Å². The van der Waals surface area contributed by atoms with Gasteiger partial charge < -0.3 is 11.5 Å². The molecule has 6 nitrogen and oxygen atoms in total. The van der Waals surface area contributed by atoms with E-state index in [1.807, 2.05) is 0 Å². The molecule has 0 aromatic heterocycles. The molecule has 0 aliphatic heterocycles. The number of hydrogen-bond acceptors (Lipinski definition) is 3. The summed E-state index contributed by atoms with van der Waals surface area (Å²) in [6.45, 7) is 1.02. The molecule has 24 heavy (non-hydrogen) atoms. The van der Waals surface area contributed by atoms with Gasteiger partial charge in [0.25, 0.3) is 5.91 Å². The highest BCUT2D eigenvalue weighted by molar-refractivity contribution is 7.90. The number of rotatable bonds is 3. The summed E-state index contributed by atoms with van der Waals surface area (Å²) in [5, 5.41) is 0. The number of nitrogens with two attached hydrogens (primary N) is 2. The van der Waals surface area contributed by atoms with Crippen LogP contribution in [-0.2, 0) is 15.8 Å². The number of aryl methyl sites for hydroxylation is 1. The molecule has 0 saturated heterocycles. The summed E-state index contributed by atoms with van der Waals surface area (Å²) in [5.41, 5.74) is 6.42. The normalized spacial score (nSPS) is 12.8. The fourth-order valence-electron chi connectivity index (χ4n) is 1.85. The average molecular weight is 373 g/mol. The quantitative estimate of drug-likeness (QED) is 0.473. The van der Waals surface area contributed by atoms with Gasteiger partial charge in [0, 0.05) is 11.8 Å². The molecule has 0 bridgehead atoms. The summed E-state index contributed by atoms with van der Waals surface area (Å²) in [4.78, 5) is 14.1. The molecular weight excluding hydrogens is 361 g/mol. The zero-order chi connectivity index (χ0) is 19.1. The predicted molar refractivity (Wildman–Crippen MR) is 74.4 cm³/mol. The molecule has 1 aromatic carbocycles. The Hall–Kier alpha value is -2.24. The third kappa shape index (κ3) is 3.80. The van der Waals surface area contributed by atoms with Gasteiger partial charge in [0.2, 0.25) is 0 Å². The lowest BCUT2D eigenvalue weighted by Crippen LogP contribution is -2.35. The van der Waals surface area contributed by atoms with E-state index in [1.165, 1.54) is 0 Å². The van der Waals surface area contributed by atoms with Crippen molar-refractivity contribution in [3.8, 4) is 0 Å². The number of carbonyl (C=O) groups is 1. The lowest BCUT2D eigenvalue weighted by molar-refractivity contribution is -0.289. The molecule has 0 aliphatic carbocycles. The minimum Gasteiger partial charge on any atom is -0.370 e. The van der Waals surface area contributed by atoms with Crippen molar-refractivity contribution in [1.29, 1.82) is 0 Å². The maximum Gasteiger partial charge on any atom is 0.458 e. The highest BCUT2D eigenvalue weighted by atomic mass is 32.2. The second kappa shape index (κ2) is 6.00. The average Bonchev–Trinajstić information content (AvgIpc) is 2.34. The molecule has 1 rings (SSSR count). The van der Waals surface area contributed by atoms with E-state index in [0.717, 1.165) is 6.92 Å². The number of alkyl halides is 5. The summed E-state index contributed by atoms with van der Waals surface area (Å²) in [6.07, 6.45) is -5.31. The first kappa shape index (κ1) is 19.8. The molecule has 4 N–H and O–H groups in total. The van der Waals surface area contributed by atoms with Crippen molar-refractivity contribution in [2.45, 2.75) is 23.9 Å². The van der Waals surface area contributed by atoms with Crippen molar-refractivity contribution >= 4 is 21.7 Å². The first-order chi connectivity index (χ1) is 10.6. The van der Waals surface area contributed by atoms with Gasteiger partial charge in [-0.3, -0.25) is 4.79 Å². The van der Waals surface area contributed by atoms with Gasteiger partial charge in [0.1, 0.15) is 0 Å². The molecule has 134 valence electrons. The fourth-order valence-corrected chi connectivity index (χ4v) is 2.83. The van der Waals surface area contributed by atoms with Gasteiger partial charge in [0.05, 0.1) is 10.5 Å². The molecular formula is C12H12F5N3O3S. The Balaban J connectivity index is 3.87. The predicted octanol–water partition coefficient (Wildman–Crippen LogP) is 1.47. The Morgan fingerprint density at radius 2 is 1.62 bits per heavy atom. The number of sulfone groups is 1. The van der Waals surface area contributed by atoms with Crippen LogP contribution < -0.4 is 11.5 Å². The van der Waals surface area contributed by atoms with Crippen LogP contribution in [0.4, 0.5) is 22.0 Å². The number of halogens is 5. The Morgan fingerprint density at radius 1 is 1.12 bits per heavy atom. The Labute approximate surface area is 133 Å². The Morgan fingerprint density at radius 3 is 2.00 bits per heavy atom. The third-order valence-electron chi connectivity index (χ3n) is 2.87. The van der Waals surface area contributed by atoms with Gasteiger partial charge in [-0.2, -0.15) is 26.9 Å². The van der Waals surface area contributed by atoms with E-state index in [0.29, 0.717) is 12.3 Å². The van der Waals surface area contributed by atoms with E-state index < -0.39 is 55.4 Å². The number of carbonyl (C=O) groups excluding carboxylic acids is 1. The fraction of sp³-hybridized carbons (Fsp3) is 0.333. The monoisotopic (exact) mass is 373 g/mol. The zero-order valence-electron chi connectivity index (χ0n) is 12.3. The second-order valence-corrected chi connectivity index (χ2v) is 6.83. The van der Waals surface area contributed by atoms with Crippen LogP contribution in [0.15, 0.2) is 22.0 Å². The van der Waals surface area contributed by atoms with Crippen molar-refractivity contribution in [3.05, 3.63) is 28.8 Å². The van der Waals surface area contributed by atoms with Gasteiger partial charge in [-0.25, -0.2) is 8.42 Å². The first-order valence-electron chi connectivity index (χ1n) is 6.02. The van der Waals surface area contributed by atoms with Crippen LogP contribution in [0.1, 0.15) is 21.5 Å². The van der Waals surface area contributed by atoms with Crippen molar-refractivity contribution in [2.24, 2.45) is 16.5 Å². The second-order valence-electron chi connectivity index (χ2n) is 4.85. The number of nitrogens with zero attached hydrogens (tertiary/aromatic N) is 1. The highest BCUT2D eigenvalue weighted by Crippen LogP contribution is 2.46. The number of aliphatic imine (C=N–C) groups is 1. The molecule has 0 saturated carbocycles. The summed E-state index contributed by atoms with van der Waals surface area (Å²) in [6, 6.07) is 0.674. The van der Waals surface area contributed by atoms with Crippen molar-refractivity contribution in [2.75, 3.05) is 6.26 Å². The first-order valence-corrected chi connectivity index (χ1v) is 7.92. The van der Waals surface area contributed by atoms with Gasteiger partial charge in [-0.05, 0) is 24.6 Å². The van der Waals surface area contributed by atoms with Gasteiger partial charge >= 0.3 is 12.1 Å². The lowest BCUT2D eigenvalue weighted by atomic mass is 9.98. The van der Waals surface area contributed by atoms with Crippen molar-refractivity contribution in [1.82, 2.24) is 0 Å². The van der Waals surface area contributed by atoms with E-state index in [-0.39, 0.29) is 6.07 Å². The molecule has 0 atom stereocenters. The van der Waals surface area contributed by atoms with Crippen LogP contribution in [0.2, 0.25) is 0 Å². The molecule has 0 radical (unpaired) electrons. The smallest absolute Gasteiger partial charge is 0.370 e. The topological polar surface area (TPSA) is 116 Å². The number of guanidine groups is 1. The maximum absolute atomic E-state index is 13.7. The summed E-state index contributed by atoms with van der Waals surface area (Å²) < 4.78 is 88.5. The largest absolute Gasteiger partial charge is 0.458 e. The van der Waals surface area contributed by atoms with Gasteiger partial charge in [-0.15, -0.1) is 0 Å². The van der Waals surface area contributed by atoms with Crippen molar-refractivity contribution < 1.29 is 35.2 Å². The lowest BCUT2D eigenvalue weighted by Gasteiger charge is -2.23. The molecule has 0 aliphatic rings. The van der Waals surface area contributed by atoms with E-state index >= 15 is 0 Å². The SMILES string of the molecule is Cc1cc(C(F)(F)C(F)(F)F)c(C(=O)N=C(N)N)cc1S(C)(=O)=O. The minimum atomic E-state index is -6.01. The van der Waals surface area contributed by atoms with Gasteiger partial charge in [0.15, 0.2) is 15.8 Å². The summed E-state index contributed by atoms with van der Waals surface area (Å²) >= 11 is 0. The number of benzene rings is 1. The van der Waals surface area contributed by atoms with Crippen molar-refractivity contribution in [3.63, 3.8) is 0 Å². The number of amides is 1. The van der Waals surface area contributed by atoms with Crippen LogP contribution in [0.3, 0.4) is 0 Å². The minimum absolute atomic E-state index is 0.277. The zero-order valence-corrected chi connectivity index (χ0v) is 13.1. The number of hydrogen-bond donors (Lipinski definition) is 2. The van der Waals surface area contributed by atoms with E-state index in [2.05, 4.69) is 4.99 Å². The standard InChI is InChI=1S/C12H12F5N3O3S/c1-5-3-7(11(13,14)12(15,16)17)6(9(21)20-10(18)19)4-8(5)24(2,22)23/h3-4H,1-2H3,(H4,18,19,20,21). The summed E-state index contributed by atoms with van der Waals surface area (Å²) in [7, 11) is -4.01. The molecule has 0 unspecified atom stereocenters. The van der Waals surface area contributed by atoms with E-state index in [9.17, 15) is 35.2 Å². The molecule has 1 amide bonds. The van der Waals surface area contributed by atoms with Crippen LogP contribution in [0.25, 0.3) is 0 Å². The molecule has 0 fully saturated rings. The van der Waals surface area contributed by atoms with Crippen LogP contribution in [0, 0.1) is 6.92 Å².